The van der Waals surface area contributed by atoms with Gasteiger partial charge in [-0.25, -0.2) is 0 Å². The molecular formula is C10H20N2. The number of piperidine rings is 1. The molecule has 1 aliphatic heterocycles. The average molecular weight is 168 g/mol. The Morgan fingerprint density at radius 2 is 2.08 bits per heavy atom. The third-order valence-corrected chi connectivity index (χ3v) is 2.85. The fraction of sp³-hybridized carbons (Fsp3) is 0.800. The molecule has 1 unspecified atom stereocenters. The van der Waals surface area contributed by atoms with Crippen LogP contribution in [0.4, 0.5) is 0 Å². The Balaban J connectivity index is 2.30. The van der Waals surface area contributed by atoms with E-state index < -0.39 is 0 Å². The monoisotopic (exact) mass is 168 g/mol. The molecule has 1 rings (SSSR count). The number of rotatable bonds is 3. The van der Waals surface area contributed by atoms with Gasteiger partial charge in [-0.3, -0.25) is 4.90 Å². The lowest BCUT2D eigenvalue weighted by Gasteiger charge is -2.34. The maximum Gasteiger partial charge on any atom is 0.0247 e. The van der Waals surface area contributed by atoms with Crippen LogP contribution in [0.15, 0.2) is 12.7 Å². The number of nitrogens with zero attached hydrogens (tertiary/aromatic N) is 1. The lowest BCUT2D eigenvalue weighted by molar-refractivity contribution is 0.178. The first-order valence-corrected chi connectivity index (χ1v) is 4.81. The first-order chi connectivity index (χ1) is 5.77. The second-order valence-electron chi connectivity index (χ2n) is 3.58. The van der Waals surface area contributed by atoms with E-state index in [1.54, 1.807) is 0 Å². The summed E-state index contributed by atoms with van der Waals surface area (Å²) in [5.74, 6) is 0. The van der Waals surface area contributed by atoms with Crippen molar-refractivity contribution in [3.05, 3.63) is 12.7 Å². The van der Waals surface area contributed by atoms with Crippen molar-refractivity contribution in [2.45, 2.75) is 31.8 Å². The van der Waals surface area contributed by atoms with Gasteiger partial charge in [0, 0.05) is 25.2 Å². The van der Waals surface area contributed by atoms with Crippen molar-refractivity contribution in [1.29, 1.82) is 0 Å². The van der Waals surface area contributed by atoms with Gasteiger partial charge in [0.1, 0.15) is 0 Å². The van der Waals surface area contributed by atoms with E-state index >= 15 is 0 Å². The van der Waals surface area contributed by atoms with E-state index in [1.807, 2.05) is 6.08 Å². The molecule has 0 aliphatic carbocycles. The van der Waals surface area contributed by atoms with E-state index in [9.17, 15) is 0 Å². The Hall–Kier alpha value is -0.340. The summed E-state index contributed by atoms with van der Waals surface area (Å²) in [5, 5.41) is 3.33. The first-order valence-electron chi connectivity index (χ1n) is 4.81. The number of hydrogen-bond donors (Lipinski definition) is 1. The standard InChI is InChI=1S/C10H20N2/c1-4-9(2)12-7-5-10(11-3)6-8-12/h4,9-11H,1,5-8H2,2-3H3. The summed E-state index contributed by atoms with van der Waals surface area (Å²) < 4.78 is 0. The van der Waals surface area contributed by atoms with Crippen LogP contribution in [0.25, 0.3) is 0 Å². The molecular weight excluding hydrogens is 148 g/mol. The van der Waals surface area contributed by atoms with Gasteiger partial charge in [0.25, 0.3) is 0 Å². The molecule has 12 heavy (non-hydrogen) atoms. The minimum atomic E-state index is 0.544. The molecule has 0 aromatic rings. The summed E-state index contributed by atoms with van der Waals surface area (Å²) in [7, 11) is 2.05. The minimum Gasteiger partial charge on any atom is -0.317 e. The van der Waals surface area contributed by atoms with Crippen molar-refractivity contribution in [1.82, 2.24) is 10.2 Å². The molecule has 0 saturated carbocycles. The summed E-state index contributed by atoms with van der Waals surface area (Å²) >= 11 is 0. The summed E-state index contributed by atoms with van der Waals surface area (Å²) in [4.78, 5) is 2.49. The highest BCUT2D eigenvalue weighted by Crippen LogP contribution is 2.12. The molecule has 0 aromatic carbocycles. The lowest BCUT2D eigenvalue weighted by Crippen LogP contribution is -2.44. The number of hydrogen-bond acceptors (Lipinski definition) is 2. The molecule has 0 aromatic heterocycles. The number of likely N-dealkylation sites (tertiary alicyclic amines) is 1. The molecule has 0 amide bonds. The molecule has 0 bridgehead atoms. The zero-order chi connectivity index (χ0) is 8.97. The third kappa shape index (κ3) is 2.32. The van der Waals surface area contributed by atoms with Crippen molar-refractivity contribution in [2.75, 3.05) is 20.1 Å². The normalized spacial score (nSPS) is 23.8. The molecule has 1 heterocycles. The maximum absolute atomic E-state index is 3.82. The van der Waals surface area contributed by atoms with Crippen LogP contribution in [0.5, 0.6) is 0 Å². The van der Waals surface area contributed by atoms with Crippen molar-refractivity contribution in [3.8, 4) is 0 Å². The van der Waals surface area contributed by atoms with Crippen LogP contribution < -0.4 is 5.32 Å². The quantitative estimate of drug-likeness (QED) is 0.638. The maximum atomic E-state index is 3.82. The topological polar surface area (TPSA) is 15.3 Å². The van der Waals surface area contributed by atoms with Crippen molar-refractivity contribution >= 4 is 0 Å². The van der Waals surface area contributed by atoms with Crippen LogP contribution >= 0.6 is 0 Å². The highest BCUT2D eigenvalue weighted by Gasteiger charge is 2.19. The number of nitrogens with one attached hydrogen (secondary N) is 1. The molecule has 1 fully saturated rings. The van der Waals surface area contributed by atoms with Gasteiger partial charge in [-0.1, -0.05) is 6.08 Å². The van der Waals surface area contributed by atoms with E-state index in [-0.39, 0.29) is 0 Å². The smallest absolute Gasteiger partial charge is 0.0247 e. The fourth-order valence-corrected chi connectivity index (χ4v) is 1.74. The average Bonchev–Trinajstić information content (AvgIpc) is 2.17. The molecule has 2 nitrogen and oxygen atoms in total. The highest BCUT2D eigenvalue weighted by atomic mass is 15.2. The Kier molecular flexibility index (Phi) is 3.76. The van der Waals surface area contributed by atoms with E-state index in [2.05, 4.69) is 30.8 Å². The predicted octanol–water partition coefficient (Wildman–Crippen LogP) is 1.24. The van der Waals surface area contributed by atoms with Gasteiger partial charge in [0.15, 0.2) is 0 Å². The molecule has 70 valence electrons. The molecule has 0 spiro atoms. The zero-order valence-corrected chi connectivity index (χ0v) is 8.21. The van der Waals surface area contributed by atoms with Crippen LogP contribution in [0.3, 0.4) is 0 Å². The predicted molar refractivity (Wildman–Crippen MR) is 53.3 cm³/mol. The summed E-state index contributed by atoms with van der Waals surface area (Å²) in [5.41, 5.74) is 0. The minimum absolute atomic E-state index is 0.544. The Bertz CT molecular complexity index is 137. The largest absolute Gasteiger partial charge is 0.317 e. The van der Waals surface area contributed by atoms with Gasteiger partial charge >= 0.3 is 0 Å². The first kappa shape index (κ1) is 9.75. The molecule has 1 saturated heterocycles. The fourth-order valence-electron chi connectivity index (χ4n) is 1.74. The van der Waals surface area contributed by atoms with Crippen LogP contribution in [0.1, 0.15) is 19.8 Å². The van der Waals surface area contributed by atoms with Gasteiger partial charge in [0.2, 0.25) is 0 Å². The summed E-state index contributed by atoms with van der Waals surface area (Å²) in [6, 6.07) is 1.28. The van der Waals surface area contributed by atoms with Gasteiger partial charge in [0.05, 0.1) is 0 Å². The van der Waals surface area contributed by atoms with Crippen LogP contribution in [-0.4, -0.2) is 37.1 Å². The molecule has 2 heteroatoms. The van der Waals surface area contributed by atoms with Gasteiger partial charge in [-0.2, -0.15) is 0 Å². The van der Waals surface area contributed by atoms with Crippen LogP contribution in [0, 0.1) is 0 Å². The molecule has 0 radical (unpaired) electrons. The van der Waals surface area contributed by atoms with Gasteiger partial charge in [-0.05, 0) is 26.8 Å². The van der Waals surface area contributed by atoms with Crippen molar-refractivity contribution in [3.63, 3.8) is 0 Å². The van der Waals surface area contributed by atoms with E-state index in [4.69, 9.17) is 0 Å². The molecule has 1 aliphatic rings. The van der Waals surface area contributed by atoms with Gasteiger partial charge < -0.3 is 5.32 Å². The highest BCUT2D eigenvalue weighted by molar-refractivity contribution is 4.87. The van der Waals surface area contributed by atoms with Gasteiger partial charge in [-0.15, -0.1) is 6.58 Å². The molecule has 1 atom stereocenters. The van der Waals surface area contributed by atoms with Crippen molar-refractivity contribution in [2.24, 2.45) is 0 Å². The Morgan fingerprint density at radius 3 is 2.50 bits per heavy atom. The second kappa shape index (κ2) is 4.63. The summed E-state index contributed by atoms with van der Waals surface area (Å²) in [6.07, 6.45) is 4.57. The van der Waals surface area contributed by atoms with E-state index in [0.29, 0.717) is 6.04 Å². The molecule has 1 N–H and O–H groups in total. The Morgan fingerprint density at radius 1 is 1.50 bits per heavy atom. The third-order valence-electron chi connectivity index (χ3n) is 2.85. The lowest BCUT2D eigenvalue weighted by atomic mass is 10.0. The zero-order valence-electron chi connectivity index (χ0n) is 8.21. The second-order valence-corrected chi connectivity index (χ2v) is 3.58. The summed E-state index contributed by atoms with van der Waals surface area (Å²) in [6.45, 7) is 8.45. The van der Waals surface area contributed by atoms with Crippen LogP contribution in [-0.2, 0) is 0 Å². The SMILES string of the molecule is C=CC(C)N1CCC(NC)CC1. The van der Waals surface area contributed by atoms with Crippen molar-refractivity contribution < 1.29 is 0 Å². The van der Waals surface area contributed by atoms with E-state index in [1.165, 1.54) is 25.9 Å². The van der Waals surface area contributed by atoms with Crippen LogP contribution in [0.2, 0.25) is 0 Å². The van der Waals surface area contributed by atoms with E-state index in [0.717, 1.165) is 6.04 Å². The Labute approximate surface area is 75.6 Å².